The molecule has 0 N–H and O–H groups in total. The number of carbonyl (C=O) groups is 2. The molecule has 0 heterocycles. The van der Waals surface area contributed by atoms with Crippen LogP contribution in [0, 0.1) is 0 Å². The van der Waals surface area contributed by atoms with E-state index in [-0.39, 0.29) is 10.2 Å². The quantitative estimate of drug-likeness (QED) is 0.0792. The number of ether oxygens (including phenoxy) is 2. The first-order valence-electron chi connectivity index (χ1n) is 15.7. The van der Waals surface area contributed by atoms with Crippen molar-refractivity contribution < 1.29 is 19.1 Å². The molecule has 0 atom stereocenters. The zero-order valence-electron chi connectivity index (χ0n) is 26.6. The Bertz CT molecular complexity index is 1270. The Morgan fingerprint density at radius 3 is 1.30 bits per heavy atom. The molecule has 44 heavy (non-hydrogen) atoms. The van der Waals surface area contributed by atoms with Crippen LogP contribution in [-0.2, 0) is 9.59 Å². The van der Waals surface area contributed by atoms with Crippen molar-refractivity contribution in [3.05, 3.63) is 82.9 Å². The van der Waals surface area contributed by atoms with Crippen LogP contribution in [0.1, 0.15) is 101 Å². The standard InChI is InChI=1S/C38H46O4S2/c1-5-7-9-11-25-41-37-27-34(20-14-32-17-23-36(24-18-32)44-30(4)40)38(42-26-12-10-8-6-2)28-33(37)19-13-31-15-21-35(22-16-31)43-29(3)39/h13-24,27-28H,5-12,25-26H2,1-4H3/b19-13+,20-14+. The first kappa shape index (κ1) is 35.3. The van der Waals surface area contributed by atoms with E-state index in [1.54, 1.807) is 13.8 Å². The molecule has 0 radical (unpaired) electrons. The average Bonchev–Trinajstić information content (AvgIpc) is 3.00. The molecule has 0 fully saturated rings. The van der Waals surface area contributed by atoms with Crippen molar-refractivity contribution in [2.75, 3.05) is 13.2 Å². The van der Waals surface area contributed by atoms with Crippen LogP contribution in [0.15, 0.2) is 70.5 Å². The number of benzene rings is 3. The van der Waals surface area contributed by atoms with Gasteiger partial charge in [0.05, 0.1) is 13.2 Å². The summed E-state index contributed by atoms with van der Waals surface area (Å²) < 4.78 is 12.8. The summed E-state index contributed by atoms with van der Waals surface area (Å²) in [7, 11) is 0. The first-order chi connectivity index (χ1) is 21.4. The van der Waals surface area contributed by atoms with Crippen LogP contribution in [0.3, 0.4) is 0 Å². The third-order valence-electron chi connectivity index (χ3n) is 6.85. The minimum atomic E-state index is 0.0781. The van der Waals surface area contributed by atoms with Gasteiger partial charge in [0.1, 0.15) is 11.5 Å². The van der Waals surface area contributed by atoms with Crippen LogP contribution in [0.5, 0.6) is 11.5 Å². The molecule has 0 saturated heterocycles. The third kappa shape index (κ3) is 13.2. The molecule has 3 aromatic carbocycles. The largest absolute Gasteiger partial charge is 0.493 e. The molecule has 234 valence electrons. The Labute approximate surface area is 272 Å². The highest BCUT2D eigenvalue weighted by Gasteiger charge is 2.11. The number of hydrogen-bond acceptors (Lipinski definition) is 6. The zero-order valence-corrected chi connectivity index (χ0v) is 28.2. The molecule has 3 aromatic rings. The molecule has 0 amide bonds. The lowest BCUT2D eigenvalue weighted by Gasteiger charge is -2.15. The third-order valence-corrected chi connectivity index (χ3v) is 8.44. The summed E-state index contributed by atoms with van der Waals surface area (Å²) >= 11 is 2.48. The van der Waals surface area contributed by atoms with Gasteiger partial charge in [-0.2, -0.15) is 0 Å². The Kier molecular flexibility index (Phi) is 16.0. The minimum absolute atomic E-state index is 0.0781. The van der Waals surface area contributed by atoms with E-state index < -0.39 is 0 Å². The number of carbonyl (C=O) groups excluding carboxylic acids is 2. The van der Waals surface area contributed by atoms with E-state index in [9.17, 15) is 9.59 Å². The van der Waals surface area contributed by atoms with Crippen molar-refractivity contribution >= 4 is 58.1 Å². The van der Waals surface area contributed by atoms with E-state index in [1.165, 1.54) is 49.2 Å². The van der Waals surface area contributed by atoms with Gasteiger partial charge in [-0.05, 0) is 60.4 Å². The van der Waals surface area contributed by atoms with Gasteiger partial charge in [-0.15, -0.1) is 0 Å². The zero-order chi connectivity index (χ0) is 31.6. The van der Waals surface area contributed by atoms with Crippen LogP contribution in [-0.4, -0.2) is 23.4 Å². The van der Waals surface area contributed by atoms with Crippen molar-refractivity contribution in [1.82, 2.24) is 0 Å². The van der Waals surface area contributed by atoms with Crippen LogP contribution >= 0.6 is 23.5 Å². The van der Waals surface area contributed by atoms with Crippen LogP contribution in [0.4, 0.5) is 0 Å². The molecule has 0 aliphatic heterocycles. The molecule has 3 rings (SSSR count). The average molecular weight is 631 g/mol. The fourth-order valence-corrected chi connectivity index (χ4v) is 5.73. The number of hydrogen-bond donors (Lipinski definition) is 0. The molecule has 0 unspecified atom stereocenters. The van der Waals surface area contributed by atoms with Crippen molar-refractivity contribution in [1.29, 1.82) is 0 Å². The lowest BCUT2D eigenvalue weighted by atomic mass is 10.0. The molecule has 0 bridgehead atoms. The summed E-state index contributed by atoms with van der Waals surface area (Å²) in [5, 5.41) is 0.156. The van der Waals surface area contributed by atoms with Gasteiger partial charge in [0.2, 0.25) is 0 Å². The van der Waals surface area contributed by atoms with E-state index in [0.29, 0.717) is 13.2 Å². The van der Waals surface area contributed by atoms with Gasteiger partial charge < -0.3 is 9.47 Å². The van der Waals surface area contributed by atoms with E-state index in [2.05, 4.69) is 50.3 Å². The molecule has 0 aromatic heterocycles. The van der Waals surface area contributed by atoms with Crippen molar-refractivity contribution in [2.24, 2.45) is 0 Å². The maximum Gasteiger partial charge on any atom is 0.190 e. The van der Waals surface area contributed by atoms with Crippen molar-refractivity contribution in [2.45, 2.75) is 88.9 Å². The normalized spacial score (nSPS) is 11.4. The topological polar surface area (TPSA) is 52.6 Å². The number of thioether (sulfide) groups is 2. The van der Waals surface area contributed by atoms with Gasteiger partial charge >= 0.3 is 0 Å². The predicted molar refractivity (Wildman–Crippen MR) is 190 cm³/mol. The highest BCUT2D eigenvalue weighted by atomic mass is 32.2. The van der Waals surface area contributed by atoms with E-state index in [0.717, 1.165) is 69.2 Å². The second-order valence-electron chi connectivity index (χ2n) is 10.7. The van der Waals surface area contributed by atoms with Gasteiger partial charge in [0.15, 0.2) is 10.2 Å². The molecule has 0 aliphatic carbocycles. The summed E-state index contributed by atoms with van der Waals surface area (Å²) in [5.74, 6) is 1.65. The molecular formula is C38H46O4S2. The second-order valence-corrected chi connectivity index (χ2v) is 13.2. The van der Waals surface area contributed by atoms with Crippen LogP contribution in [0.2, 0.25) is 0 Å². The Balaban J connectivity index is 1.92. The summed E-state index contributed by atoms with van der Waals surface area (Å²) in [5.41, 5.74) is 4.02. The fraction of sp³-hybridized carbons (Fsp3) is 0.368. The Morgan fingerprint density at radius 2 is 0.955 bits per heavy atom. The summed E-state index contributed by atoms with van der Waals surface area (Å²) in [6.07, 6.45) is 17.4. The maximum atomic E-state index is 11.5. The highest BCUT2D eigenvalue weighted by molar-refractivity contribution is 8.13. The SMILES string of the molecule is CCCCCCOc1cc(/C=C/c2ccc(SC(C)=O)cc2)c(OCCCCCC)cc1/C=C/c1ccc(SC(C)=O)cc1. The fourth-order valence-electron chi connectivity index (χ4n) is 4.52. The number of rotatable bonds is 18. The van der Waals surface area contributed by atoms with Gasteiger partial charge in [-0.25, -0.2) is 0 Å². The Hall–Kier alpha value is -3.22. The lowest BCUT2D eigenvalue weighted by molar-refractivity contribution is -0.109. The first-order valence-corrected chi connectivity index (χ1v) is 17.4. The molecule has 0 saturated carbocycles. The van der Waals surface area contributed by atoms with Gasteiger partial charge in [-0.3, -0.25) is 9.59 Å². The van der Waals surface area contributed by atoms with Crippen molar-refractivity contribution in [3.8, 4) is 11.5 Å². The van der Waals surface area contributed by atoms with Gasteiger partial charge in [0.25, 0.3) is 0 Å². The molecule has 6 heteroatoms. The Morgan fingerprint density at radius 1 is 0.568 bits per heavy atom. The number of unbranched alkanes of at least 4 members (excludes halogenated alkanes) is 6. The van der Waals surface area contributed by atoms with Crippen LogP contribution < -0.4 is 9.47 Å². The summed E-state index contributed by atoms with van der Waals surface area (Å²) in [6, 6.07) is 20.2. The van der Waals surface area contributed by atoms with Crippen molar-refractivity contribution in [3.63, 3.8) is 0 Å². The lowest BCUT2D eigenvalue weighted by Crippen LogP contribution is -2.03. The van der Waals surface area contributed by atoms with Crippen LogP contribution in [0.25, 0.3) is 24.3 Å². The monoisotopic (exact) mass is 630 g/mol. The molecule has 4 nitrogen and oxygen atoms in total. The highest BCUT2D eigenvalue weighted by Crippen LogP contribution is 2.33. The molecule has 0 spiro atoms. The second kappa shape index (κ2) is 19.9. The smallest absolute Gasteiger partial charge is 0.190 e. The summed E-state index contributed by atoms with van der Waals surface area (Å²) in [4.78, 5) is 24.8. The predicted octanol–water partition coefficient (Wildman–Crippen LogP) is 11.2. The minimum Gasteiger partial charge on any atom is -0.493 e. The van der Waals surface area contributed by atoms with E-state index in [1.807, 2.05) is 48.5 Å². The molecular weight excluding hydrogens is 585 g/mol. The maximum absolute atomic E-state index is 11.5. The molecule has 0 aliphatic rings. The van der Waals surface area contributed by atoms with Gasteiger partial charge in [0, 0.05) is 34.8 Å². The summed E-state index contributed by atoms with van der Waals surface area (Å²) in [6.45, 7) is 8.90. The van der Waals surface area contributed by atoms with Gasteiger partial charge in [-0.1, -0.05) is 124 Å². The van der Waals surface area contributed by atoms with E-state index >= 15 is 0 Å². The van der Waals surface area contributed by atoms with E-state index in [4.69, 9.17) is 9.47 Å².